The Morgan fingerprint density at radius 3 is 2.28 bits per heavy atom. The number of aliphatic hydroxyl groups excluding tert-OH is 2. The molecule has 3 aliphatic carbocycles. The average Bonchev–Trinajstić information content (AvgIpc) is 2.82. The van der Waals surface area contributed by atoms with E-state index in [-0.39, 0.29) is 23.7 Å². The second-order valence-electron chi connectivity index (χ2n) is 13.3. The van der Waals surface area contributed by atoms with Gasteiger partial charge in [-0.05, 0) is 66.0 Å². The van der Waals surface area contributed by atoms with Gasteiger partial charge in [0.2, 0.25) is 5.91 Å². The molecule has 1 amide bonds. The number of ketones is 2. The van der Waals surface area contributed by atoms with E-state index in [1.165, 1.54) is 6.07 Å². The predicted molar refractivity (Wildman–Crippen MR) is 146 cm³/mol. The SMILES string of the molecule is CCC(CC)CCc1ccc(O)c2c1C[C@]1(C)C[C@]3(C)[C@@H](C(C)C)C(O)[C@@H](C(N)=O)C(=O)[C@]3(O)C(O)[C@H]1C2=O. The third kappa shape index (κ3) is 4.08. The van der Waals surface area contributed by atoms with Crippen molar-refractivity contribution in [3.05, 3.63) is 28.8 Å². The number of phenols is 1. The number of carbonyl (C=O) groups excluding carboxylic acids is 3. The Labute approximate surface area is 231 Å². The maximum Gasteiger partial charge on any atom is 0.230 e. The molecular formula is C31H45NO7. The van der Waals surface area contributed by atoms with Gasteiger partial charge >= 0.3 is 0 Å². The van der Waals surface area contributed by atoms with Gasteiger partial charge in [-0.15, -0.1) is 0 Å². The second kappa shape index (κ2) is 9.96. The zero-order valence-electron chi connectivity index (χ0n) is 24.0. The van der Waals surface area contributed by atoms with Crippen molar-refractivity contribution in [1.29, 1.82) is 0 Å². The molecule has 0 bridgehead atoms. The number of carbonyl (C=O) groups is 3. The van der Waals surface area contributed by atoms with Gasteiger partial charge in [0.1, 0.15) is 17.8 Å². The monoisotopic (exact) mass is 543 g/mol. The summed E-state index contributed by atoms with van der Waals surface area (Å²) in [5.41, 5.74) is 2.69. The topological polar surface area (TPSA) is 158 Å². The number of rotatable bonds is 7. The van der Waals surface area contributed by atoms with E-state index < -0.39 is 63.9 Å². The highest BCUT2D eigenvalue weighted by atomic mass is 16.4. The van der Waals surface area contributed by atoms with Crippen molar-refractivity contribution >= 4 is 17.5 Å². The van der Waals surface area contributed by atoms with Gasteiger partial charge in [0.15, 0.2) is 17.2 Å². The maximum atomic E-state index is 14.1. The molecule has 8 atom stereocenters. The first kappa shape index (κ1) is 29.7. The number of aromatic hydroxyl groups is 1. The number of hydrogen-bond acceptors (Lipinski definition) is 7. The van der Waals surface area contributed by atoms with Gasteiger partial charge in [-0.25, -0.2) is 0 Å². The lowest BCUT2D eigenvalue weighted by atomic mass is 9.39. The number of aryl methyl sites for hydroxylation is 1. The molecule has 0 aromatic heterocycles. The lowest BCUT2D eigenvalue weighted by molar-refractivity contribution is -0.265. The molecule has 0 heterocycles. The van der Waals surface area contributed by atoms with E-state index in [4.69, 9.17) is 5.73 Å². The van der Waals surface area contributed by atoms with Crippen molar-refractivity contribution in [3.63, 3.8) is 0 Å². The number of primary amides is 1. The standard InChI is InChI=1S/C31H45NO7/c1-7-16(8-2)9-10-17-11-12-19(33)20-18(17)13-29(5)14-30(6)22(15(3)4)25(35)21(28(32)38)26(36)31(30,39)27(37)23(29)24(20)34/h11-12,15-16,21-23,25,27,33,35,37,39H,7-10,13-14H2,1-6H3,(H2,32,38)/t21-,22+,23-,25?,27?,29-,30-,31+/m1/s1. The Balaban J connectivity index is 1.88. The minimum absolute atomic E-state index is 0.140. The summed E-state index contributed by atoms with van der Waals surface area (Å²) in [6.07, 6.45) is 1.04. The number of Topliss-reactive ketones (excluding diaryl/α,β-unsaturated/α-hetero) is 2. The molecular weight excluding hydrogens is 498 g/mol. The molecule has 8 heteroatoms. The smallest absolute Gasteiger partial charge is 0.230 e. The molecule has 0 aliphatic heterocycles. The quantitative estimate of drug-likeness (QED) is 0.331. The lowest BCUT2D eigenvalue weighted by Gasteiger charge is -2.66. The summed E-state index contributed by atoms with van der Waals surface area (Å²) in [7, 11) is 0. The Morgan fingerprint density at radius 1 is 1.13 bits per heavy atom. The summed E-state index contributed by atoms with van der Waals surface area (Å²) in [5.74, 6) is -6.19. The number of aliphatic hydroxyl groups is 3. The van der Waals surface area contributed by atoms with E-state index in [1.807, 2.05) is 26.8 Å². The summed E-state index contributed by atoms with van der Waals surface area (Å²) < 4.78 is 0. The van der Waals surface area contributed by atoms with Gasteiger partial charge in [-0.1, -0.05) is 60.5 Å². The third-order valence-corrected chi connectivity index (χ3v) is 10.7. The Bertz CT molecular complexity index is 1180. The third-order valence-electron chi connectivity index (χ3n) is 10.7. The van der Waals surface area contributed by atoms with Gasteiger partial charge < -0.3 is 26.2 Å². The highest BCUT2D eigenvalue weighted by Gasteiger charge is 2.75. The van der Waals surface area contributed by atoms with Crippen molar-refractivity contribution in [2.75, 3.05) is 0 Å². The van der Waals surface area contributed by atoms with E-state index in [2.05, 4.69) is 13.8 Å². The molecule has 8 nitrogen and oxygen atoms in total. The number of phenolic OH excluding ortho intramolecular Hbond substituents is 1. The normalized spacial score (nSPS) is 38.0. The summed E-state index contributed by atoms with van der Waals surface area (Å²) in [6.45, 7) is 11.6. The van der Waals surface area contributed by atoms with E-state index in [1.54, 1.807) is 6.92 Å². The number of benzene rings is 1. The zero-order chi connectivity index (χ0) is 29.2. The molecule has 2 fully saturated rings. The van der Waals surface area contributed by atoms with Crippen LogP contribution in [0.4, 0.5) is 0 Å². The molecule has 4 rings (SSSR count). The van der Waals surface area contributed by atoms with E-state index >= 15 is 0 Å². The molecule has 6 N–H and O–H groups in total. The minimum atomic E-state index is -2.49. The number of nitrogens with two attached hydrogens (primary N) is 1. The second-order valence-corrected chi connectivity index (χ2v) is 13.3. The van der Waals surface area contributed by atoms with Crippen molar-refractivity contribution < 1.29 is 34.8 Å². The fraction of sp³-hybridized carbons (Fsp3) is 0.710. The highest BCUT2D eigenvalue weighted by Crippen LogP contribution is 2.65. The summed E-state index contributed by atoms with van der Waals surface area (Å²) in [4.78, 5) is 40.2. The van der Waals surface area contributed by atoms with E-state index in [0.717, 1.165) is 36.8 Å². The van der Waals surface area contributed by atoms with Crippen molar-refractivity contribution in [3.8, 4) is 5.75 Å². The first-order valence-corrected chi connectivity index (χ1v) is 14.4. The first-order chi connectivity index (χ1) is 18.1. The van der Waals surface area contributed by atoms with Gasteiger partial charge in [0, 0.05) is 5.41 Å². The van der Waals surface area contributed by atoms with Gasteiger partial charge in [-0.2, -0.15) is 0 Å². The van der Waals surface area contributed by atoms with E-state index in [9.17, 15) is 34.8 Å². The van der Waals surface area contributed by atoms with Crippen LogP contribution >= 0.6 is 0 Å². The molecule has 0 spiro atoms. The number of fused-ring (bicyclic) bond motifs is 3. The first-order valence-electron chi connectivity index (χ1n) is 14.4. The Morgan fingerprint density at radius 2 is 1.74 bits per heavy atom. The average molecular weight is 544 g/mol. The molecule has 0 radical (unpaired) electrons. The van der Waals surface area contributed by atoms with Crippen LogP contribution in [-0.2, 0) is 22.4 Å². The molecule has 0 saturated heterocycles. The highest BCUT2D eigenvalue weighted by molar-refractivity contribution is 6.09. The molecule has 39 heavy (non-hydrogen) atoms. The number of amides is 1. The van der Waals surface area contributed by atoms with Crippen molar-refractivity contribution in [1.82, 2.24) is 0 Å². The van der Waals surface area contributed by atoms with Crippen molar-refractivity contribution in [2.45, 2.75) is 97.9 Å². The van der Waals surface area contributed by atoms with Crippen LogP contribution in [0.3, 0.4) is 0 Å². The summed E-state index contributed by atoms with van der Waals surface area (Å²) in [6, 6.07) is 3.38. The van der Waals surface area contributed by atoms with Crippen LogP contribution in [0.1, 0.15) is 88.7 Å². The van der Waals surface area contributed by atoms with Crippen LogP contribution in [-0.4, -0.2) is 55.7 Å². The molecule has 1 aromatic rings. The van der Waals surface area contributed by atoms with Crippen LogP contribution in [0, 0.1) is 40.4 Å². The minimum Gasteiger partial charge on any atom is -0.507 e. The molecule has 2 unspecified atom stereocenters. The van der Waals surface area contributed by atoms with Crippen molar-refractivity contribution in [2.24, 2.45) is 46.2 Å². The van der Waals surface area contributed by atoms with Gasteiger partial charge in [0.05, 0.1) is 17.6 Å². The fourth-order valence-corrected chi connectivity index (χ4v) is 8.88. The molecule has 2 saturated carbocycles. The molecule has 3 aliphatic rings. The van der Waals surface area contributed by atoms with Gasteiger partial charge in [-0.3, -0.25) is 14.4 Å². The summed E-state index contributed by atoms with van der Waals surface area (Å²) >= 11 is 0. The predicted octanol–water partition coefficient (Wildman–Crippen LogP) is 2.94. The fourth-order valence-electron chi connectivity index (χ4n) is 8.88. The lowest BCUT2D eigenvalue weighted by Crippen LogP contribution is -2.79. The molecule has 216 valence electrons. The summed E-state index contributed by atoms with van der Waals surface area (Å²) in [5, 5.41) is 46.1. The largest absolute Gasteiger partial charge is 0.507 e. The van der Waals surface area contributed by atoms with Crippen LogP contribution in [0.25, 0.3) is 0 Å². The van der Waals surface area contributed by atoms with Crippen LogP contribution < -0.4 is 5.73 Å². The van der Waals surface area contributed by atoms with Crippen LogP contribution in [0.5, 0.6) is 5.75 Å². The molecule has 1 aromatic carbocycles. The van der Waals surface area contributed by atoms with E-state index in [0.29, 0.717) is 12.3 Å². The van der Waals surface area contributed by atoms with Crippen LogP contribution in [0.2, 0.25) is 0 Å². The van der Waals surface area contributed by atoms with Crippen LogP contribution in [0.15, 0.2) is 12.1 Å². The Kier molecular flexibility index (Phi) is 7.58. The maximum absolute atomic E-state index is 14.1. The van der Waals surface area contributed by atoms with Gasteiger partial charge in [0.25, 0.3) is 0 Å². The Hall–Kier alpha value is -2.29. The zero-order valence-corrected chi connectivity index (χ0v) is 24.0. The number of hydrogen-bond donors (Lipinski definition) is 5.